The van der Waals surface area contributed by atoms with E-state index in [1.807, 2.05) is 19.1 Å². The van der Waals surface area contributed by atoms with Crippen molar-refractivity contribution < 1.29 is 9.18 Å². The molecule has 0 aliphatic carbocycles. The van der Waals surface area contributed by atoms with Crippen molar-refractivity contribution in [3.63, 3.8) is 0 Å². The number of amides is 1. The van der Waals surface area contributed by atoms with E-state index < -0.39 is 5.82 Å². The van der Waals surface area contributed by atoms with Gasteiger partial charge in [0.1, 0.15) is 5.82 Å². The lowest BCUT2D eigenvalue weighted by Crippen LogP contribution is -2.26. The van der Waals surface area contributed by atoms with Gasteiger partial charge in [-0.15, -0.1) is 0 Å². The first kappa shape index (κ1) is 16.2. The lowest BCUT2D eigenvalue weighted by Gasteiger charge is -2.14. The highest BCUT2D eigenvalue weighted by Crippen LogP contribution is 2.25. The van der Waals surface area contributed by atoms with Crippen LogP contribution in [0.3, 0.4) is 0 Å². The number of aromatic nitrogens is 2. The summed E-state index contributed by atoms with van der Waals surface area (Å²) in [6.45, 7) is 1.85. The summed E-state index contributed by atoms with van der Waals surface area (Å²) in [6, 6.07) is 13.2. The summed E-state index contributed by atoms with van der Waals surface area (Å²) >= 11 is 5.98. The van der Waals surface area contributed by atoms with Crippen LogP contribution in [0.25, 0.3) is 11.3 Å². The first-order chi connectivity index (χ1) is 11.6. The molecule has 0 fully saturated rings. The van der Waals surface area contributed by atoms with Crippen LogP contribution in [-0.2, 0) is 0 Å². The normalized spacial score (nSPS) is 12.0. The minimum Gasteiger partial charge on any atom is -0.345 e. The maximum atomic E-state index is 14.0. The monoisotopic (exact) mass is 343 g/mol. The van der Waals surface area contributed by atoms with E-state index in [0.717, 1.165) is 5.56 Å². The van der Waals surface area contributed by atoms with Crippen LogP contribution < -0.4 is 5.32 Å². The second-order valence-electron chi connectivity index (χ2n) is 5.39. The van der Waals surface area contributed by atoms with Gasteiger partial charge in [-0.1, -0.05) is 35.9 Å². The fourth-order valence-electron chi connectivity index (χ4n) is 2.46. The molecule has 0 aliphatic rings. The van der Waals surface area contributed by atoms with Gasteiger partial charge in [0.2, 0.25) is 0 Å². The molecule has 0 saturated heterocycles. The van der Waals surface area contributed by atoms with E-state index in [4.69, 9.17) is 11.6 Å². The predicted molar refractivity (Wildman–Crippen MR) is 91.3 cm³/mol. The summed E-state index contributed by atoms with van der Waals surface area (Å²) in [5.74, 6) is -0.756. The van der Waals surface area contributed by atoms with Gasteiger partial charge < -0.3 is 5.32 Å². The van der Waals surface area contributed by atoms with Gasteiger partial charge in [0.15, 0.2) is 0 Å². The number of carbonyl (C=O) groups excluding carboxylic acids is 1. The quantitative estimate of drug-likeness (QED) is 0.739. The van der Waals surface area contributed by atoms with E-state index in [1.165, 1.54) is 12.3 Å². The fourth-order valence-corrected chi connectivity index (χ4v) is 2.66. The maximum Gasteiger partial charge on any atom is 0.255 e. The molecule has 1 atom stereocenters. The van der Waals surface area contributed by atoms with Crippen molar-refractivity contribution in [2.24, 2.45) is 0 Å². The molecule has 2 aromatic carbocycles. The second-order valence-corrected chi connectivity index (χ2v) is 5.83. The van der Waals surface area contributed by atoms with Crippen molar-refractivity contribution in [3.8, 4) is 11.3 Å². The third kappa shape index (κ3) is 3.31. The molecular formula is C18H15ClFN3O. The summed E-state index contributed by atoms with van der Waals surface area (Å²) in [7, 11) is 0. The number of benzene rings is 2. The van der Waals surface area contributed by atoms with E-state index >= 15 is 0 Å². The van der Waals surface area contributed by atoms with Crippen LogP contribution in [0.15, 0.2) is 54.7 Å². The highest BCUT2D eigenvalue weighted by Gasteiger charge is 2.19. The van der Waals surface area contributed by atoms with Crippen LogP contribution >= 0.6 is 11.6 Å². The van der Waals surface area contributed by atoms with Crippen molar-refractivity contribution in [2.45, 2.75) is 13.0 Å². The molecule has 1 aromatic heterocycles. The fraction of sp³-hybridized carbons (Fsp3) is 0.111. The number of hydrogen-bond acceptors (Lipinski definition) is 2. The molecule has 0 saturated carbocycles. The lowest BCUT2D eigenvalue weighted by molar-refractivity contribution is 0.0940. The van der Waals surface area contributed by atoms with Gasteiger partial charge >= 0.3 is 0 Å². The Hall–Kier alpha value is -2.66. The standard InChI is InChI=1S/C18H15ClFN3O/c1-11(12-5-4-6-13(19)9-12)22-18(24)15-10-21-23-17(15)14-7-2-3-8-16(14)20/h2-11H,1H3,(H,21,23)(H,22,24)/t11-/m0/s1. The molecule has 6 heteroatoms. The maximum absolute atomic E-state index is 14.0. The molecule has 0 radical (unpaired) electrons. The molecule has 2 N–H and O–H groups in total. The van der Waals surface area contributed by atoms with E-state index in [2.05, 4.69) is 15.5 Å². The van der Waals surface area contributed by atoms with Gasteiger partial charge in [-0.05, 0) is 36.8 Å². The summed E-state index contributed by atoms with van der Waals surface area (Å²) in [5.41, 5.74) is 1.82. The number of carbonyl (C=O) groups is 1. The zero-order chi connectivity index (χ0) is 17.1. The molecule has 24 heavy (non-hydrogen) atoms. The van der Waals surface area contributed by atoms with E-state index in [-0.39, 0.29) is 17.5 Å². The predicted octanol–water partition coefficient (Wildman–Crippen LogP) is 4.36. The van der Waals surface area contributed by atoms with Crippen LogP contribution in [0.4, 0.5) is 4.39 Å². The Morgan fingerprint density at radius 2 is 2.04 bits per heavy atom. The largest absolute Gasteiger partial charge is 0.345 e. The highest BCUT2D eigenvalue weighted by molar-refractivity contribution is 6.30. The molecule has 0 bridgehead atoms. The van der Waals surface area contributed by atoms with Crippen LogP contribution in [0.2, 0.25) is 5.02 Å². The summed E-state index contributed by atoms with van der Waals surface area (Å²) < 4.78 is 14.0. The first-order valence-electron chi connectivity index (χ1n) is 7.41. The van der Waals surface area contributed by atoms with Crippen LogP contribution in [-0.4, -0.2) is 16.1 Å². The molecule has 1 heterocycles. The Labute approximate surface area is 143 Å². The van der Waals surface area contributed by atoms with Gasteiger partial charge in [-0.2, -0.15) is 5.10 Å². The number of aromatic amines is 1. The first-order valence-corrected chi connectivity index (χ1v) is 7.78. The molecule has 122 valence electrons. The van der Waals surface area contributed by atoms with Gasteiger partial charge in [0.25, 0.3) is 5.91 Å². The number of H-pyrrole nitrogens is 1. The summed E-state index contributed by atoms with van der Waals surface area (Å²) in [6.07, 6.45) is 1.39. The lowest BCUT2D eigenvalue weighted by atomic mass is 10.1. The van der Waals surface area contributed by atoms with Crippen LogP contribution in [0, 0.1) is 5.82 Å². The zero-order valence-electron chi connectivity index (χ0n) is 12.9. The van der Waals surface area contributed by atoms with E-state index in [0.29, 0.717) is 16.3 Å². The number of halogens is 2. The minimum absolute atomic E-state index is 0.250. The van der Waals surface area contributed by atoms with Gasteiger partial charge in [-0.3, -0.25) is 9.89 Å². The SMILES string of the molecule is C[C@H](NC(=O)c1cn[nH]c1-c1ccccc1F)c1cccc(Cl)c1. The Morgan fingerprint density at radius 1 is 1.25 bits per heavy atom. The summed E-state index contributed by atoms with van der Waals surface area (Å²) in [5, 5.41) is 10.1. The van der Waals surface area contributed by atoms with Crippen molar-refractivity contribution in [1.82, 2.24) is 15.5 Å². The van der Waals surface area contributed by atoms with Crippen LogP contribution in [0.5, 0.6) is 0 Å². The van der Waals surface area contributed by atoms with E-state index in [1.54, 1.807) is 30.3 Å². The van der Waals surface area contributed by atoms with Gasteiger partial charge in [0.05, 0.1) is 23.5 Å². The Bertz CT molecular complexity index is 878. The Kier molecular flexibility index (Phi) is 4.62. The Morgan fingerprint density at radius 3 is 2.79 bits per heavy atom. The minimum atomic E-state index is -0.418. The molecule has 0 spiro atoms. The number of hydrogen-bond donors (Lipinski definition) is 2. The Balaban J connectivity index is 1.84. The molecular weight excluding hydrogens is 329 g/mol. The molecule has 3 rings (SSSR count). The topological polar surface area (TPSA) is 57.8 Å². The van der Waals surface area contributed by atoms with Crippen molar-refractivity contribution in [2.75, 3.05) is 0 Å². The van der Waals surface area contributed by atoms with Gasteiger partial charge in [0, 0.05) is 10.6 Å². The van der Waals surface area contributed by atoms with Crippen molar-refractivity contribution in [1.29, 1.82) is 0 Å². The highest BCUT2D eigenvalue weighted by atomic mass is 35.5. The average Bonchev–Trinajstić information content (AvgIpc) is 3.04. The third-order valence-electron chi connectivity index (χ3n) is 3.72. The average molecular weight is 344 g/mol. The van der Waals surface area contributed by atoms with Crippen molar-refractivity contribution in [3.05, 3.63) is 76.7 Å². The van der Waals surface area contributed by atoms with E-state index in [9.17, 15) is 9.18 Å². The summed E-state index contributed by atoms with van der Waals surface area (Å²) in [4.78, 5) is 12.6. The van der Waals surface area contributed by atoms with Crippen LogP contribution in [0.1, 0.15) is 28.9 Å². The molecule has 0 aliphatic heterocycles. The number of nitrogens with one attached hydrogen (secondary N) is 2. The third-order valence-corrected chi connectivity index (χ3v) is 3.96. The molecule has 3 aromatic rings. The van der Waals surface area contributed by atoms with Crippen molar-refractivity contribution >= 4 is 17.5 Å². The second kappa shape index (κ2) is 6.84. The number of rotatable bonds is 4. The molecule has 0 unspecified atom stereocenters. The molecule has 1 amide bonds. The molecule has 4 nitrogen and oxygen atoms in total. The number of nitrogens with zero attached hydrogens (tertiary/aromatic N) is 1. The zero-order valence-corrected chi connectivity index (χ0v) is 13.6. The smallest absolute Gasteiger partial charge is 0.255 e. The van der Waals surface area contributed by atoms with Gasteiger partial charge in [-0.25, -0.2) is 4.39 Å².